The van der Waals surface area contributed by atoms with Crippen molar-refractivity contribution in [1.29, 1.82) is 0 Å². The summed E-state index contributed by atoms with van der Waals surface area (Å²) >= 11 is 0. The number of benzene rings is 1. The van der Waals surface area contributed by atoms with E-state index < -0.39 is 17.9 Å². The number of carboxylic acid groups (broad SMARTS) is 1. The molecule has 6 heteroatoms. The van der Waals surface area contributed by atoms with Crippen molar-refractivity contribution >= 4 is 17.8 Å². The first-order valence-electron chi connectivity index (χ1n) is 7.25. The lowest BCUT2D eigenvalue weighted by Gasteiger charge is -2.38. The zero-order valence-electron chi connectivity index (χ0n) is 12.7. The molecule has 0 radical (unpaired) electrons. The zero-order chi connectivity index (χ0) is 16.3. The molecule has 22 heavy (non-hydrogen) atoms. The molecule has 2 N–H and O–H groups in total. The van der Waals surface area contributed by atoms with E-state index in [1.165, 1.54) is 6.92 Å². The summed E-state index contributed by atoms with van der Waals surface area (Å²) in [4.78, 5) is 36.9. The van der Waals surface area contributed by atoms with Crippen LogP contribution in [0, 0.1) is 5.92 Å². The van der Waals surface area contributed by atoms with Gasteiger partial charge in [-0.25, -0.2) is 0 Å². The Hall–Kier alpha value is -2.37. The summed E-state index contributed by atoms with van der Waals surface area (Å²) in [6, 6.07) is 8.01. The van der Waals surface area contributed by atoms with Gasteiger partial charge in [0.15, 0.2) is 0 Å². The summed E-state index contributed by atoms with van der Waals surface area (Å²) in [6.07, 6.45) is 0.709. The Kier molecular flexibility index (Phi) is 4.80. The van der Waals surface area contributed by atoms with Crippen LogP contribution >= 0.6 is 0 Å². The predicted octanol–water partition coefficient (Wildman–Crippen LogP) is 1.19. The van der Waals surface area contributed by atoms with Crippen molar-refractivity contribution < 1.29 is 19.5 Å². The maximum absolute atomic E-state index is 12.4. The normalized spacial score (nSPS) is 23.0. The van der Waals surface area contributed by atoms with Gasteiger partial charge < -0.3 is 15.3 Å². The van der Waals surface area contributed by atoms with Crippen molar-refractivity contribution in [3.8, 4) is 0 Å². The van der Waals surface area contributed by atoms with Crippen LogP contribution in [0.15, 0.2) is 30.3 Å². The number of hydrogen-bond donors (Lipinski definition) is 2. The van der Waals surface area contributed by atoms with Crippen LogP contribution in [-0.4, -0.2) is 40.9 Å². The highest BCUT2D eigenvalue weighted by Gasteiger charge is 2.39. The molecule has 6 nitrogen and oxygen atoms in total. The molecule has 1 aliphatic rings. The minimum Gasteiger partial charge on any atom is -0.480 e. The Morgan fingerprint density at radius 2 is 1.95 bits per heavy atom. The highest BCUT2D eigenvalue weighted by Crippen LogP contribution is 2.35. The number of nitrogens with one attached hydrogen (secondary N) is 1. The van der Waals surface area contributed by atoms with E-state index >= 15 is 0 Å². The summed E-state index contributed by atoms with van der Waals surface area (Å²) in [5.74, 6) is -1.87. The number of carboxylic acids is 1. The van der Waals surface area contributed by atoms with E-state index in [9.17, 15) is 14.4 Å². The van der Waals surface area contributed by atoms with E-state index in [0.717, 1.165) is 5.56 Å². The molecule has 0 aromatic heterocycles. The molecule has 0 spiro atoms. The number of nitrogens with zero attached hydrogens (tertiary/aromatic N) is 1. The highest BCUT2D eigenvalue weighted by atomic mass is 16.4. The molecule has 118 valence electrons. The van der Waals surface area contributed by atoms with Crippen LogP contribution in [0.5, 0.6) is 0 Å². The number of likely N-dealkylation sites (tertiary alicyclic amines) is 1. The molecule has 0 aliphatic carbocycles. The number of piperidine rings is 1. The molecule has 2 amide bonds. The topological polar surface area (TPSA) is 86.7 Å². The van der Waals surface area contributed by atoms with E-state index in [0.29, 0.717) is 12.8 Å². The lowest BCUT2D eigenvalue weighted by atomic mass is 9.84. The van der Waals surface area contributed by atoms with E-state index in [2.05, 4.69) is 5.32 Å². The van der Waals surface area contributed by atoms with Crippen molar-refractivity contribution in [3.63, 3.8) is 0 Å². The Morgan fingerprint density at radius 1 is 1.32 bits per heavy atom. The Morgan fingerprint density at radius 3 is 2.55 bits per heavy atom. The van der Waals surface area contributed by atoms with Crippen LogP contribution in [0.25, 0.3) is 0 Å². The fourth-order valence-electron chi connectivity index (χ4n) is 2.80. The average Bonchev–Trinajstić information content (AvgIpc) is 2.50. The second kappa shape index (κ2) is 6.60. The summed E-state index contributed by atoms with van der Waals surface area (Å²) in [5, 5.41) is 11.4. The van der Waals surface area contributed by atoms with E-state index in [1.807, 2.05) is 30.3 Å². The van der Waals surface area contributed by atoms with Crippen molar-refractivity contribution in [2.45, 2.75) is 31.8 Å². The molecule has 2 unspecified atom stereocenters. The number of carbonyl (C=O) groups excluding carboxylic acids is 2. The third kappa shape index (κ3) is 3.27. The molecule has 1 aromatic carbocycles. The van der Waals surface area contributed by atoms with Gasteiger partial charge in [0.25, 0.3) is 0 Å². The predicted molar refractivity (Wildman–Crippen MR) is 79.9 cm³/mol. The summed E-state index contributed by atoms with van der Waals surface area (Å²) in [5.41, 5.74) is 0.876. The van der Waals surface area contributed by atoms with Crippen molar-refractivity contribution in [3.05, 3.63) is 35.9 Å². The van der Waals surface area contributed by atoms with Gasteiger partial charge in [0.05, 0.1) is 12.0 Å². The molecule has 2 rings (SSSR count). The summed E-state index contributed by atoms with van der Waals surface area (Å²) < 4.78 is 0. The molecule has 1 fully saturated rings. The second-order valence-electron chi connectivity index (χ2n) is 5.57. The molecule has 1 heterocycles. The maximum Gasteiger partial charge on any atom is 0.325 e. The zero-order valence-corrected chi connectivity index (χ0v) is 12.7. The quantitative estimate of drug-likeness (QED) is 0.874. The SMILES string of the molecule is C[C@H](NC(=O)C1CCC(=O)N(C)C1c1ccccc1)C(=O)O. The standard InChI is InChI=1S/C16H20N2O4/c1-10(16(21)22)17-15(20)12-8-9-13(19)18(2)14(12)11-6-4-3-5-7-11/h3-7,10,12,14H,8-9H2,1-2H3,(H,17,20)(H,21,22)/t10-,12?,14?/m0/s1. The van der Waals surface area contributed by atoms with Gasteiger partial charge in [0, 0.05) is 13.5 Å². The third-order valence-corrected chi connectivity index (χ3v) is 4.07. The van der Waals surface area contributed by atoms with Crippen molar-refractivity contribution in [2.75, 3.05) is 7.05 Å². The second-order valence-corrected chi connectivity index (χ2v) is 5.57. The van der Waals surface area contributed by atoms with Crippen LogP contribution in [0.4, 0.5) is 0 Å². The number of amides is 2. The van der Waals surface area contributed by atoms with Crippen LogP contribution in [0.3, 0.4) is 0 Å². The van der Waals surface area contributed by atoms with Gasteiger partial charge in [0.1, 0.15) is 6.04 Å². The van der Waals surface area contributed by atoms with Crippen LogP contribution in [0.1, 0.15) is 31.4 Å². The minimum absolute atomic E-state index is 0.0100. The lowest BCUT2D eigenvalue weighted by Crippen LogP contribution is -2.49. The fourth-order valence-corrected chi connectivity index (χ4v) is 2.80. The van der Waals surface area contributed by atoms with E-state index in [4.69, 9.17) is 5.11 Å². The number of hydrogen-bond acceptors (Lipinski definition) is 3. The average molecular weight is 304 g/mol. The molecular formula is C16H20N2O4. The van der Waals surface area contributed by atoms with E-state index in [1.54, 1.807) is 11.9 Å². The van der Waals surface area contributed by atoms with Gasteiger partial charge in [-0.15, -0.1) is 0 Å². The van der Waals surface area contributed by atoms with Gasteiger partial charge >= 0.3 is 5.97 Å². The largest absolute Gasteiger partial charge is 0.480 e. The number of rotatable bonds is 4. The van der Waals surface area contributed by atoms with Gasteiger partial charge in [-0.1, -0.05) is 30.3 Å². The van der Waals surface area contributed by atoms with Gasteiger partial charge in [0.2, 0.25) is 11.8 Å². The van der Waals surface area contributed by atoms with E-state index in [-0.39, 0.29) is 17.9 Å². The molecule has 1 aromatic rings. The lowest BCUT2D eigenvalue weighted by molar-refractivity contribution is -0.146. The van der Waals surface area contributed by atoms with Crippen LogP contribution < -0.4 is 5.32 Å². The molecular weight excluding hydrogens is 284 g/mol. The summed E-state index contributed by atoms with van der Waals surface area (Å²) in [7, 11) is 1.68. The number of carbonyl (C=O) groups is 3. The summed E-state index contributed by atoms with van der Waals surface area (Å²) in [6.45, 7) is 1.43. The highest BCUT2D eigenvalue weighted by molar-refractivity contribution is 5.87. The van der Waals surface area contributed by atoms with Gasteiger partial charge in [-0.3, -0.25) is 14.4 Å². The molecule has 3 atom stereocenters. The van der Waals surface area contributed by atoms with Gasteiger partial charge in [-0.2, -0.15) is 0 Å². The van der Waals surface area contributed by atoms with Crippen LogP contribution in [-0.2, 0) is 14.4 Å². The number of aliphatic carboxylic acids is 1. The fraction of sp³-hybridized carbons (Fsp3) is 0.438. The van der Waals surface area contributed by atoms with Gasteiger partial charge in [-0.05, 0) is 18.9 Å². The molecule has 1 aliphatic heterocycles. The third-order valence-electron chi connectivity index (χ3n) is 4.07. The van der Waals surface area contributed by atoms with Crippen LogP contribution in [0.2, 0.25) is 0 Å². The maximum atomic E-state index is 12.4. The van der Waals surface area contributed by atoms with Crippen molar-refractivity contribution in [2.24, 2.45) is 5.92 Å². The monoisotopic (exact) mass is 304 g/mol. The Bertz CT molecular complexity index is 573. The first-order chi connectivity index (χ1) is 10.4. The Balaban J connectivity index is 2.25. The minimum atomic E-state index is -1.08. The first-order valence-corrected chi connectivity index (χ1v) is 7.25. The smallest absolute Gasteiger partial charge is 0.325 e. The molecule has 0 saturated carbocycles. The molecule has 0 bridgehead atoms. The molecule has 1 saturated heterocycles. The van der Waals surface area contributed by atoms with Crippen molar-refractivity contribution in [1.82, 2.24) is 10.2 Å². The Labute approximate surface area is 129 Å². The first kappa shape index (κ1) is 16.0.